The molecular formula is C13H14N2O3. The molecule has 18 heavy (non-hydrogen) atoms. The van der Waals surface area contributed by atoms with Gasteiger partial charge in [0.05, 0.1) is 7.11 Å². The first-order valence-corrected chi connectivity index (χ1v) is 5.62. The highest BCUT2D eigenvalue weighted by molar-refractivity contribution is 5.94. The second kappa shape index (κ2) is 5.35. The molecule has 94 valence electrons. The molecule has 1 aliphatic heterocycles. The number of hydrogen-bond donors (Lipinski definition) is 1. The van der Waals surface area contributed by atoms with Crippen LogP contribution in [0.1, 0.15) is 5.56 Å². The minimum Gasteiger partial charge on any atom is -0.466 e. The first kappa shape index (κ1) is 12.2. The molecule has 2 amide bonds. The van der Waals surface area contributed by atoms with Gasteiger partial charge in [-0.2, -0.15) is 0 Å². The summed E-state index contributed by atoms with van der Waals surface area (Å²) < 4.78 is 4.50. The van der Waals surface area contributed by atoms with Crippen molar-refractivity contribution in [2.75, 3.05) is 25.1 Å². The van der Waals surface area contributed by atoms with Crippen LogP contribution in [0.2, 0.25) is 0 Å². The number of anilines is 1. The quantitative estimate of drug-likeness (QED) is 0.648. The highest BCUT2D eigenvalue weighted by atomic mass is 16.5. The molecule has 0 saturated carbocycles. The summed E-state index contributed by atoms with van der Waals surface area (Å²) in [7, 11) is 1.34. The van der Waals surface area contributed by atoms with Gasteiger partial charge in [-0.05, 0) is 23.8 Å². The van der Waals surface area contributed by atoms with E-state index in [9.17, 15) is 9.59 Å². The number of nitrogens with one attached hydrogen (secondary N) is 1. The molecule has 0 aliphatic carbocycles. The first-order chi connectivity index (χ1) is 8.70. The van der Waals surface area contributed by atoms with E-state index in [0.29, 0.717) is 13.1 Å². The lowest BCUT2D eigenvalue weighted by atomic mass is 10.2. The summed E-state index contributed by atoms with van der Waals surface area (Å²) in [6.07, 6.45) is 3.03. The van der Waals surface area contributed by atoms with Gasteiger partial charge in [-0.1, -0.05) is 12.1 Å². The van der Waals surface area contributed by atoms with Gasteiger partial charge in [-0.15, -0.1) is 0 Å². The topological polar surface area (TPSA) is 58.6 Å². The van der Waals surface area contributed by atoms with Gasteiger partial charge < -0.3 is 10.1 Å². The average Bonchev–Trinajstić information content (AvgIpc) is 2.83. The Labute approximate surface area is 105 Å². The standard InChI is InChI=1S/C13H14N2O3/c1-18-12(16)7-4-10-2-5-11(6-3-10)15-9-8-14-13(15)17/h2-7H,8-9H2,1H3,(H,14,17). The zero-order valence-corrected chi connectivity index (χ0v) is 10.1. The number of esters is 1. The molecule has 5 heteroatoms. The fourth-order valence-corrected chi connectivity index (χ4v) is 1.72. The SMILES string of the molecule is COC(=O)C=Cc1ccc(N2CCNC2=O)cc1. The zero-order chi connectivity index (χ0) is 13.0. The van der Waals surface area contributed by atoms with Crippen LogP contribution in [0.5, 0.6) is 0 Å². The predicted octanol–water partition coefficient (Wildman–Crippen LogP) is 1.40. The van der Waals surface area contributed by atoms with E-state index in [1.165, 1.54) is 13.2 Å². The maximum absolute atomic E-state index is 11.5. The zero-order valence-electron chi connectivity index (χ0n) is 10.1. The Morgan fingerprint density at radius 3 is 2.67 bits per heavy atom. The van der Waals surface area contributed by atoms with Crippen molar-refractivity contribution in [3.8, 4) is 0 Å². The van der Waals surface area contributed by atoms with Crippen molar-refractivity contribution in [2.24, 2.45) is 0 Å². The van der Waals surface area contributed by atoms with Crippen LogP contribution in [0.3, 0.4) is 0 Å². The van der Waals surface area contributed by atoms with E-state index < -0.39 is 5.97 Å². The van der Waals surface area contributed by atoms with E-state index >= 15 is 0 Å². The maximum Gasteiger partial charge on any atom is 0.330 e. The summed E-state index contributed by atoms with van der Waals surface area (Å²) in [6.45, 7) is 1.35. The minimum atomic E-state index is -0.391. The van der Waals surface area contributed by atoms with Crippen LogP contribution in [-0.4, -0.2) is 32.2 Å². The molecule has 0 aromatic heterocycles. The summed E-state index contributed by atoms with van der Waals surface area (Å²) in [6, 6.07) is 7.32. The van der Waals surface area contributed by atoms with Crippen molar-refractivity contribution in [1.29, 1.82) is 0 Å². The van der Waals surface area contributed by atoms with Gasteiger partial charge in [0, 0.05) is 24.9 Å². The monoisotopic (exact) mass is 246 g/mol. The molecule has 1 aromatic rings. The molecule has 2 rings (SSSR count). The van der Waals surface area contributed by atoms with Crippen LogP contribution < -0.4 is 10.2 Å². The molecular weight excluding hydrogens is 232 g/mol. The number of carbonyl (C=O) groups is 2. The van der Waals surface area contributed by atoms with E-state index in [-0.39, 0.29) is 6.03 Å². The van der Waals surface area contributed by atoms with Gasteiger partial charge in [0.15, 0.2) is 0 Å². The number of nitrogens with zero attached hydrogens (tertiary/aromatic N) is 1. The van der Waals surface area contributed by atoms with Crippen molar-refractivity contribution >= 4 is 23.8 Å². The first-order valence-electron chi connectivity index (χ1n) is 5.62. The third-order valence-electron chi connectivity index (χ3n) is 2.67. The van der Waals surface area contributed by atoms with Crippen LogP contribution in [0.4, 0.5) is 10.5 Å². The molecule has 1 fully saturated rings. The fourth-order valence-electron chi connectivity index (χ4n) is 1.72. The number of urea groups is 1. The van der Waals surface area contributed by atoms with Crippen molar-refractivity contribution in [1.82, 2.24) is 5.32 Å². The van der Waals surface area contributed by atoms with Crippen molar-refractivity contribution in [2.45, 2.75) is 0 Å². The van der Waals surface area contributed by atoms with Gasteiger partial charge in [-0.3, -0.25) is 4.90 Å². The molecule has 0 unspecified atom stereocenters. The predicted molar refractivity (Wildman–Crippen MR) is 68.2 cm³/mol. The summed E-state index contributed by atoms with van der Waals surface area (Å²) in [5.41, 5.74) is 1.73. The van der Waals surface area contributed by atoms with E-state index in [1.807, 2.05) is 24.3 Å². The molecule has 0 atom stereocenters. The van der Waals surface area contributed by atoms with E-state index in [4.69, 9.17) is 0 Å². The number of methoxy groups -OCH3 is 1. The molecule has 5 nitrogen and oxygen atoms in total. The molecule has 0 spiro atoms. The molecule has 0 bridgehead atoms. The maximum atomic E-state index is 11.5. The number of carbonyl (C=O) groups excluding carboxylic acids is 2. The lowest BCUT2D eigenvalue weighted by Crippen LogP contribution is -2.27. The highest BCUT2D eigenvalue weighted by Crippen LogP contribution is 2.17. The van der Waals surface area contributed by atoms with Crippen LogP contribution in [0, 0.1) is 0 Å². The molecule has 0 radical (unpaired) electrons. The van der Waals surface area contributed by atoms with Crippen LogP contribution >= 0.6 is 0 Å². The summed E-state index contributed by atoms with van der Waals surface area (Å²) in [5, 5.41) is 2.74. The third kappa shape index (κ3) is 2.68. The Kier molecular flexibility index (Phi) is 3.62. The second-order valence-corrected chi connectivity index (χ2v) is 3.83. The normalized spacial score (nSPS) is 14.9. The lowest BCUT2D eigenvalue weighted by molar-refractivity contribution is -0.134. The number of hydrogen-bond acceptors (Lipinski definition) is 3. The number of rotatable bonds is 3. The Morgan fingerprint density at radius 2 is 2.11 bits per heavy atom. The molecule has 1 aromatic carbocycles. The highest BCUT2D eigenvalue weighted by Gasteiger charge is 2.20. The van der Waals surface area contributed by atoms with E-state index in [2.05, 4.69) is 10.1 Å². The Bertz CT molecular complexity index is 480. The molecule has 1 N–H and O–H groups in total. The Morgan fingerprint density at radius 1 is 1.39 bits per heavy atom. The van der Waals surface area contributed by atoms with Gasteiger partial charge in [0.1, 0.15) is 0 Å². The van der Waals surface area contributed by atoms with Crippen LogP contribution in [0.25, 0.3) is 6.08 Å². The minimum absolute atomic E-state index is 0.0761. The molecule has 1 heterocycles. The van der Waals surface area contributed by atoms with E-state index in [1.54, 1.807) is 11.0 Å². The number of ether oxygens (including phenoxy) is 1. The third-order valence-corrected chi connectivity index (χ3v) is 2.67. The Hall–Kier alpha value is -2.30. The van der Waals surface area contributed by atoms with E-state index in [0.717, 1.165) is 11.3 Å². The van der Waals surface area contributed by atoms with Crippen molar-refractivity contribution < 1.29 is 14.3 Å². The second-order valence-electron chi connectivity index (χ2n) is 3.83. The van der Waals surface area contributed by atoms with Crippen molar-refractivity contribution in [3.63, 3.8) is 0 Å². The van der Waals surface area contributed by atoms with Gasteiger partial charge in [0.25, 0.3) is 0 Å². The smallest absolute Gasteiger partial charge is 0.330 e. The number of amides is 2. The Balaban J connectivity index is 2.08. The fraction of sp³-hybridized carbons (Fsp3) is 0.231. The summed E-state index contributed by atoms with van der Waals surface area (Å²) >= 11 is 0. The van der Waals surface area contributed by atoms with Crippen LogP contribution in [0.15, 0.2) is 30.3 Å². The van der Waals surface area contributed by atoms with Crippen molar-refractivity contribution in [3.05, 3.63) is 35.9 Å². The summed E-state index contributed by atoms with van der Waals surface area (Å²) in [5.74, 6) is -0.391. The van der Waals surface area contributed by atoms with Gasteiger partial charge in [0.2, 0.25) is 0 Å². The lowest BCUT2D eigenvalue weighted by Gasteiger charge is -2.13. The molecule has 1 aliphatic rings. The largest absolute Gasteiger partial charge is 0.466 e. The average molecular weight is 246 g/mol. The number of benzene rings is 1. The molecule has 1 saturated heterocycles. The summed E-state index contributed by atoms with van der Waals surface area (Å²) in [4.78, 5) is 24.1. The van der Waals surface area contributed by atoms with Crippen LogP contribution in [-0.2, 0) is 9.53 Å². The van der Waals surface area contributed by atoms with Gasteiger partial charge in [-0.25, -0.2) is 9.59 Å². The van der Waals surface area contributed by atoms with Gasteiger partial charge >= 0.3 is 12.0 Å².